The average molecular weight is 139 g/mol. The summed E-state index contributed by atoms with van der Waals surface area (Å²) in [7, 11) is 0. The Morgan fingerprint density at radius 2 is 2.17 bits per heavy atom. The third-order valence-electron chi connectivity index (χ3n) is 0.130. The fourth-order valence-corrected chi connectivity index (χ4v) is 0.329. The maximum atomic E-state index is 9.24. The second-order valence-corrected chi connectivity index (χ2v) is 4.42. The van der Waals surface area contributed by atoms with E-state index in [0.717, 1.165) is 0 Å². The van der Waals surface area contributed by atoms with Crippen molar-refractivity contribution in [3.8, 4) is 0 Å². The summed E-state index contributed by atoms with van der Waals surface area (Å²) < 4.78 is 3.11. The van der Waals surface area contributed by atoms with Crippen LogP contribution in [0.3, 0.4) is 0 Å². The molecule has 0 rings (SSSR count). The van der Waals surface area contributed by atoms with Gasteiger partial charge in [-0.05, 0) is 0 Å². The summed E-state index contributed by atoms with van der Waals surface area (Å²) in [6, 6.07) is 0. The van der Waals surface area contributed by atoms with Gasteiger partial charge in [-0.2, -0.15) is 4.76 Å². The lowest BCUT2D eigenvalue weighted by atomic mass is 11.7. The molecule has 0 aromatic rings. The van der Waals surface area contributed by atoms with Crippen molar-refractivity contribution in [3.05, 3.63) is 0 Å². The Morgan fingerprint density at radius 3 is 2.17 bits per heavy atom. The first-order chi connectivity index (χ1) is 2.77. The Labute approximate surface area is 47.2 Å². The number of hydrogen-bond donors (Lipinski definition) is 2. The lowest BCUT2D eigenvalue weighted by Crippen LogP contribution is -1.36. The summed E-state index contributed by atoms with van der Waals surface area (Å²) in [5, 5.41) is 0. The molecule has 0 aromatic heterocycles. The lowest BCUT2D eigenvalue weighted by Gasteiger charge is -1.79. The highest BCUT2D eigenvalue weighted by molar-refractivity contribution is 8.77. The van der Waals surface area contributed by atoms with Gasteiger partial charge in [0.05, 0.1) is 0 Å². The van der Waals surface area contributed by atoms with E-state index >= 15 is 0 Å². The first-order valence-corrected chi connectivity index (χ1v) is 4.63. The predicted octanol–water partition coefficient (Wildman–Crippen LogP) is 1.41. The molecule has 0 saturated carbocycles. The van der Waals surface area contributed by atoms with Crippen LogP contribution in [0.15, 0.2) is 4.76 Å². The van der Waals surface area contributed by atoms with E-state index in [1.807, 2.05) is 0 Å². The zero-order valence-electron chi connectivity index (χ0n) is 2.70. The molecule has 34 valence electrons. The minimum Gasteiger partial charge on any atom is -0.211 e. The van der Waals surface area contributed by atoms with Crippen LogP contribution in [-0.2, 0) is 4.79 Å². The molecule has 5 heteroatoms. The molecule has 0 aromatic carbocycles. The van der Waals surface area contributed by atoms with Gasteiger partial charge in [0.2, 0.25) is 6.08 Å². The van der Waals surface area contributed by atoms with E-state index in [1.165, 1.54) is 6.08 Å². The van der Waals surface area contributed by atoms with E-state index in [-0.39, 0.29) is 0 Å². The van der Waals surface area contributed by atoms with Crippen molar-refractivity contribution in [2.24, 2.45) is 4.76 Å². The zero-order valence-corrected chi connectivity index (χ0v) is 5.38. The van der Waals surface area contributed by atoms with Gasteiger partial charge in [0.1, 0.15) is 6.48 Å². The Kier molecular flexibility index (Phi) is 4.01. The minimum absolute atomic E-state index is 1.01. The number of isocyanates is 1. The van der Waals surface area contributed by atoms with Gasteiger partial charge in [-0.1, -0.05) is 0 Å². The van der Waals surface area contributed by atoms with Crippen LogP contribution in [0, 0.1) is 0 Å². The molecule has 0 unspecified atom stereocenters. The van der Waals surface area contributed by atoms with Crippen molar-refractivity contribution in [2.45, 2.75) is 0 Å². The van der Waals surface area contributed by atoms with Crippen LogP contribution in [-0.4, -0.2) is 6.08 Å². The second-order valence-electron chi connectivity index (χ2n) is 0.460. The monoisotopic (exact) mass is 139 g/mol. The van der Waals surface area contributed by atoms with Crippen LogP contribution in [0.2, 0.25) is 0 Å². The van der Waals surface area contributed by atoms with E-state index in [9.17, 15) is 4.79 Å². The molecule has 0 fully saturated rings. The van der Waals surface area contributed by atoms with Crippen LogP contribution in [0.4, 0.5) is 0 Å². The largest absolute Gasteiger partial charge is 0.240 e. The summed E-state index contributed by atoms with van der Waals surface area (Å²) >= 11 is 7.36. The molecule has 0 radical (unpaired) electrons. The molecule has 0 heterocycles. The van der Waals surface area contributed by atoms with Crippen LogP contribution in [0.5, 0.6) is 0 Å². The van der Waals surface area contributed by atoms with E-state index in [0.29, 0.717) is 0 Å². The fraction of sp³-hybridized carbons (Fsp3) is 0. The van der Waals surface area contributed by atoms with Gasteiger partial charge in [-0.3, -0.25) is 0 Å². The number of hydrogen-bond acceptors (Lipinski definition) is 4. The summed E-state index contributed by atoms with van der Waals surface area (Å²) in [6.45, 7) is -1.01. The number of carbonyl (C=O) groups excluding carboxylic acids is 1. The highest BCUT2D eigenvalue weighted by atomic mass is 33.1. The Morgan fingerprint density at radius 1 is 1.67 bits per heavy atom. The van der Waals surface area contributed by atoms with Gasteiger partial charge in [0, 0.05) is 0 Å². The summed E-state index contributed by atoms with van der Waals surface area (Å²) in [5.74, 6) is 0. The summed E-state index contributed by atoms with van der Waals surface area (Å²) in [4.78, 5) is 9.24. The van der Waals surface area contributed by atoms with Gasteiger partial charge in [-0.25, -0.2) is 4.79 Å². The van der Waals surface area contributed by atoms with Gasteiger partial charge < -0.3 is 0 Å². The molecule has 0 saturated heterocycles. The summed E-state index contributed by atoms with van der Waals surface area (Å²) in [6.07, 6.45) is 1.32. The molecule has 0 aliphatic carbocycles. The third-order valence-corrected chi connectivity index (χ3v) is 0.927. The predicted molar refractivity (Wildman–Crippen MR) is 33.0 cm³/mol. The van der Waals surface area contributed by atoms with E-state index in [2.05, 4.69) is 29.3 Å². The van der Waals surface area contributed by atoms with Crippen molar-refractivity contribution in [3.63, 3.8) is 0 Å². The lowest BCUT2D eigenvalue weighted by molar-refractivity contribution is 0.566. The molecule has 0 bridgehead atoms. The molecule has 0 spiro atoms. The molecule has 0 amide bonds. The molecule has 0 aliphatic rings. The van der Waals surface area contributed by atoms with Crippen molar-refractivity contribution in [1.29, 1.82) is 0 Å². The first-order valence-electron chi connectivity index (χ1n) is 1.03. The third kappa shape index (κ3) is 4.51. The normalized spacial score (nSPS) is 7.83. The van der Waals surface area contributed by atoms with E-state index in [4.69, 9.17) is 0 Å². The molecule has 0 N–H and O–H groups in total. The highest BCUT2D eigenvalue weighted by Gasteiger charge is 1.81. The summed E-state index contributed by atoms with van der Waals surface area (Å²) in [5.41, 5.74) is 0. The van der Waals surface area contributed by atoms with Gasteiger partial charge in [0.15, 0.2) is 0 Å². The number of rotatable bonds is 1. The van der Waals surface area contributed by atoms with E-state index < -0.39 is 6.48 Å². The van der Waals surface area contributed by atoms with Crippen LogP contribution < -0.4 is 0 Å². The highest BCUT2D eigenvalue weighted by Crippen LogP contribution is 2.45. The quantitative estimate of drug-likeness (QED) is 0.244. The topological polar surface area (TPSA) is 29.4 Å². The van der Waals surface area contributed by atoms with Crippen molar-refractivity contribution in [1.82, 2.24) is 0 Å². The minimum atomic E-state index is -1.01. The Hall–Kier alpha value is 0.510. The zero-order chi connectivity index (χ0) is 4.99. The first kappa shape index (κ1) is 6.51. The van der Waals surface area contributed by atoms with Crippen LogP contribution in [0.1, 0.15) is 0 Å². The van der Waals surface area contributed by atoms with Crippen molar-refractivity contribution >= 4 is 37.1 Å². The van der Waals surface area contributed by atoms with E-state index in [1.54, 1.807) is 0 Å². The number of thiol groups is 2. The van der Waals surface area contributed by atoms with Crippen LogP contribution >= 0.6 is 31.0 Å². The maximum Gasteiger partial charge on any atom is 0.240 e. The molecule has 0 aliphatic heterocycles. The molecule has 2 nitrogen and oxygen atoms in total. The Bertz CT molecular complexity index is 77.6. The molecular weight excluding hydrogens is 137 g/mol. The molecular formula is CH2NOPS2. The van der Waals surface area contributed by atoms with Gasteiger partial charge >= 0.3 is 0 Å². The van der Waals surface area contributed by atoms with Crippen LogP contribution in [0.25, 0.3) is 0 Å². The van der Waals surface area contributed by atoms with Gasteiger partial charge in [-0.15, -0.1) is 24.5 Å². The van der Waals surface area contributed by atoms with Crippen molar-refractivity contribution in [2.75, 3.05) is 0 Å². The van der Waals surface area contributed by atoms with Gasteiger partial charge in [0.25, 0.3) is 0 Å². The van der Waals surface area contributed by atoms with Crippen molar-refractivity contribution < 1.29 is 4.79 Å². The SMILES string of the molecule is O=C=NP(S)S. The molecule has 0 atom stereocenters. The average Bonchev–Trinajstić information content (AvgIpc) is 1.35. The number of nitrogens with zero attached hydrogens (tertiary/aromatic N) is 1. The molecule has 6 heavy (non-hydrogen) atoms. The second kappa shape index (κ2) is 3.69. The Balaban J connectivity index is 3.29. The standard InChI is InChI=1S/CH2NOPS2/c3-1-2-4(5)6/h5-6H. The smallest absolute Gasteiger partial charge is 0.211 e. The fourth-order valence-electron chi connectivity index (χ4n) is 0.0365. The maximum absolute atomic E-state index is 9.24.